The van der Waals surface area contributed by atoms with Gasteiger partial charge >= 0.3 is 5.97 Å². The van der Waals surface area contributed by atoms with Crippen molar-refractivity contribution in [2.75, 3.05) is 0 Å². The van der Waals surface area contributed by atoms with Crippen LogP contribution in [-0.2, 0) is 17.6 Å². The van der Waals surface area contributed by atoms with Gasteiger partial charge in [0, 0.05) is 18.5 Å². The standard InChI is InChI=1S/C18H19NO2/c20-18(21)7-3-1-2-5-15-8-10-16(11-9-15)13-17-6-4-12-19-14-17/h3-4,6-12,14H,1-2,5,13H2,(H,20,21). The fourth-order valence-electron chi connectivity index (χ4n) is 2.17. The van der Waals surface area contributed by atoms with Crippen LogP contribution in [0.1, 0.15) is 29.5 Å². The molecule has 0 spiro atoms. The second-order valence-corrected chi connectivity index (χ2v) is 4.99. The van der Waals surface area contributed by atoms with Crippen LogP contribution in [0.4, 0.5) is 0 Å². The first kappa shape index (κ1) is 15.0. The smallest absolute Gasteiger partial charge is 0.327 e. The van der Waals surface area contributed by atoms with Gasteiger partial charge in [-0.05, 0) is 48.4 Å². The zero-order valence-electron chi connectivity index (χ0n) is 11.9. The summed E-state index contributed by atoms with van der Waals surface area (Å²) in [6.45, 7) is 0. The van der Waals surface area contributed by atoms with Crippen molar-refractivity contribution in [1.82, 2.24) is 4.98 Å². The van der Waals surface area contributed by atoms with Gasteiger partial charge in [-0.3, -0.25) is 4.98 Å². The van der Waals surface area contributed by atoms with Gasteiger partial charge in [-0.1, -0.05) is 36.4 Å². The summed E-state index contributed by atoms with van der Waals surface area (Å²) in [5, 5.41) is 8.49. The van der Waals surface area contributed by atoms with Gasteiger partial charge in [0.15, 0.2) is 0 Å². The van der Waals surface area contributed by atoms with E-state index in [-0.39, 0.29) is 0 Å². The SMILES string of the molecule is O=C(O)C=CCCCc1ccc(Cc2cccnc2)cc1. The van der Waals surface area contributed by atoms with Crippen molar-refractivity contribution >= 4 is 5.97 Å². The second kappa shape index (κ2) is 8.00. The summed E-state index contributed by atoms with van der Waals surface area (Å²) in [4.78, 5) is 14.4. The maximum absolute atomic E-state index is 10.3. The summed E-state index contributed by atoms with van der Waals surface area (Å²) in [6, 6.07) is 12.6. The van der Waals surface area contributed by atoms with Crippen LogP contribution in [0.5, 0.6) is 0 Å². The Morgan fingerprint density at radius 2 is 1.86 bits per heavy atom. The Bertz CT molecular complexity index is 588. The fraction of sp³-hybridized carbons (Fsp3) is 0.222. The zero-order valence-corrected chi connectivity index (χ0v) is 11.9. The molecule has 0 atom stereocenters. The first-order chi connectivity index (χ1) is 10.2. The largest absolute Gasteiger partial charge is 0.478 e. The average Bonchev–Trinajstić information content (AvgIpc) is 2.49. The number of unbranched alkanes of at least 4 members (excludes halogenated alkanes) is 1. The number of pyridine rings is 1. The number of allylic oxidation sites excluding steroid dienone is 1. The molecule has 0 fully saturated rings. The Balaban J connectivity index is 1.80. The molecular formula is C18H19NO2. The quantitative estimate of drug-likeness (QED) is 0.622. The minimum atomic E-state index is -0.880. The highest BCUT2D eigenvalue weighted by Gasteiger charge is 1.97. The van der Waals surface area contributed by atoms with Crippen molar-refractivity contribution < 1.29 is 9.90 Å². The Hall–Kier alpha value is -2.42. The van der Waals surface area contributed by atoms with Crippen molar-refractivity contribution in [3.05, 3.63) is 77.6 Å². The third-order valence-corrected chi connectivity index (χ3v) is 3.25. The highest BCUT2D eigenvalue weighted by molar-refractivity contribution is 5.79. The Kier molecular flexibility index (Phi) is 5.71. The number of aryl methyl sites for hydroxylation is 1. The number of aromatic nitrogens is 1. The van der Waals surface area contributed by atoms with Crippen LogP contribution in [0.3, 0.4) is 0 Å². The lowest BCUT2D eigenvalue weighted by Crippen LogP contribution is -1.91. The van der Waals surface area contributed by atoms with Crippen LogP contribution in [0.15, 0.2) is 60.9 Å². The number of rotatable bonds is 7. The van der Waals surface area contributed by atoms with E-state index in [9.17, 15) is 4.79 Å². The molecule has 1 N–H and O–H groups in total. The van der Waals surface area contributed by atoms with Gasteiger partial charge in [0.2, 0.25) is 0 Å². The van der Waals surface area contributed by atoms with E-state index in [1.54, 1.807) is 12.3 Å². The van der Waals surface area contributed by atoms with Crippen LogP contribution < -0.4 is 0 Å². The molecule has 3 nitrogen and oxygen atoms in total. The normalized spacial score (nSPS) is 10.9. The van der Waals surface area contributed by atoms with Gasteiger partial charge in [0.05, 0.1) is 0 Å². The van der Waals surface area contributed by atoms with Crippen LogP contribution in [0.25, 0.3) is 0 Å². The summed E-state index contributed by atoms with van der Waals surface area (Å²) in [5.41, 5.74) is 3.77. The molecule has 0 bridgehead atoms. The number of carboxylic acids is 1. The molecule has 0 aliphatic rings. The van der Waals surface area contributed by atoms with E-state index in [4.69, 9.17) is 5.11 Å². The van der Waals surface area contributed by atoms with Crippen LogP contribution in [0.2, 0.25) is 0 Å². The molecule has 1 aromatic heterocycles. The van der Waals surface area contributed by atoms with Crippen molar-refractivity contribution in [3.63, 3.8) is 0 Å². The molecule has 0 aliphatic heterocycles. The molecule has 21 heavy (non-hydrogen) atoms. The van der Waals surface area contributed by atoms with Crippen LogP contribution >= 0.6 is 0 Å². The van der Waals surface area contributed by atoms with E-state index >= 15 is 0 Å². The molecule has 0 saturated carbocycles. The van der Waals surface area contributed by atoms with E-state index in [0.717, 1.165) is 25.7 Å². The highest BCUT2D eigenvalue weighted by atomic mass is 16.4. The van der Waals surface area contributed by atoms with Gasteiger partial charge in [-0.25, -0.2) is 4.79 Å². The van der Waals surface area contributed by atoms with E-state index < -0.39 is 5.97 Å². The lowest BCUT2D eigenvalue weighted by atomic mass is 10.0. The van der Waals surface area contributed by atoms with Gasteiger partial charge < -0.3 is 5.11 Å². The van der Waals surface area contributed by atoms with Crippen molar-refractivity contribution in [2.45, 2.75) is 25.7 Å². The first-order valence-electron chi connectivity index (χ1n) is 7.10. The summed E-state index contributed by atoms with van der Waals surface area (Å²) in [7, 11) is 0. The summed E-state index contributed by atoms with van der Waals surface area (Å²) in [5.74, 6) is -0.880. The first-order valence-corrected chi connectivity index (χ1v) is 7.10. The van der Waals surface area contributed by atoms with E-state index in [1.807, 2.05) is 12.3 Å². The lowest BCUT2D eigenvalue weighted by Gasteiger charge is -2.04. The second-order valence-electron chi connectivity index (χ2n) is 4.99. The van der Waals surface area contributed by atoms with Gasteiger partial charge in [0.25, 0.3) is 0 Å². The molecule has 0 radical (unpaired) electrons. The Labute approximate surface area is 125 Å². The third-order valence-electron chi connectivity index (χ3n) is 3.25. The number of carbonyl (C=O) groups is 1. The van der Waals surface area contributed by atoms with Crippen LogP contribution in [0, 0.1) is 0 Å². The predicted octanol–water partition coefficient (Wildman–Crippen LogP) is 3.64. The minimum absolute atomic E-state index is 0.795. The van der Waals surface area contributed by atoms with Gasteiger partial charge in [0.1, 0.15) is 0 Å². The maximum Gasteiger partial charge on any atom is 0.327 e. The number of benzene rings is 1. The Morgan fingerprint density at radius 1 is 1.10 bits per heavy atom. The molecule has 0 aliphatic carbocycles. The zero-order chi connectivity index (χ0) is 14.9. The molecule has 0 amide bonds. The number of nitrogens with zero attached hydrogens (tertiary/aromatic N) is 1. The number of aliphatic carboxylic acids is 1. The van der Waals surface area contributed by atoms with Crippen molar-refractivity contribution in [3.8, 4) is 0 Å². The molecule has 2 aromatic rings. The van der Waals surface area contributed by atoms with E-state index in [0.29, 0.717) is 0 Å². The van der Waals surface area contributed by atoms with Gasteiger partial charge in [-0.2, -0.15) is 0 Å². The molecular weight excluding hydrogens is 262 g/mol. The molecule has 1 heterocycles. The average molecular weight is 281 g/mol. The summed E-state index contributed by atoms with van der Waals surface area (Å²) >= 11 is 0. The Morgan fingerprint density at radius 3 is 2.52 bits per heavy atom. The van der Waals surface area contributed by atoms with Crippen molar-refractivity contribution in [1.29, 1.82) is 0 Å². The number of carboxylic acid groups (broad SMARTS) is 1. The summed E-state index contributed by atoms with van der Waals surface area (Å²) < 4.78 is 0. The topological polar surface area (TPSA) is 50.2 Å². The monoisotopic (exact) mass is 281 g/mol. The predicted molar refractivity (Wildman–Crippen MR) is 83.2 cm³/mol. The number of hydrogen-bond acceptors (Lipinski definition) is 2. The molecule has 3 heteroatoms. The molecule has 108 valence electrons. The minimum Gasteiger partial charge on any atom is -0.478 e. The molecule has 2 rings (SSSR count). The van der Waals surface area contributed by atoms with E-state index in [1.165, 1.54) is 22.8 Å². The number of hydrogen-bond donors (Lipinski definition) is 1. The van der Waals surface area contributed by atoms with Crippen LogP contribution in [-0.4, -0.2) is 16.1 Å². The van der Waals surface area contributed by atoms with Gasteiger partial charge in [-0.15, -0.1) is 0 Å². The highest BCUT2D eigenvalue weighted by Crippen LogP contribution is 2.12. The lowest BCUT2D eigenvalue weighted by molar-refractivity contribution is -0.131. The fourth-order valence-corrected chi connectivity index (χ4v) is 2.17. The van der Waals surface area contributed by atoms with Crippen molar-refractivity contribution in [2.24, 2.45) is 0 Å². The van der Waals surface area contributed by atoms with E-state index in [2.05, 4.69) is 35.3 Å². The summed E-state index contributed by atoms with van der Waals surface area (Å²) in [6.07, 6.45) is 10.2. The maximum atomic E-state index is 10.3. The third kappa shape index (κ3) is 5.61. The molecule has 0 saturated heterocycles. The molecule has 0 unspecified atom stereocenters. The molecule has 1 aromatic carbocycles.